The third-order valence-electron chi connectivity index (χ3n) is 4.46. The number of carbonyl (C=O) groups is 1. The van der Waals surface area contributed by atoms with Gasteiger partial charge in [-0.1, -0.05) is 11.8 Å². The monoisotopic (exact) mass is 415 g/mol. The summed E-state index contributed by atoms with van der Waals surface area (Å²) in [6.07, 6.45) is 4.55. The van der Waals surface area contributed by atoms with Gasteiger partial charge in [-0.25, -0.2) is 9.97 Å². The van der Waals surface area contributed by atoms with Gasteiger partial charge in [0.15, 0.2) is 10.3 Å². The fraction of sp³-hybridized carbons (Fsp3) is 0.316. The van der Waals surface area contributed by atoms with Gasteiger partial charge in [-0.15, -0.1) is 11.3 Å². The number of hydrogen-bond donors (Lipinski definition) is 1. The van der Waals surface area contributed by atoms with Crippen LogP contribution in [0, 0.1) is 0 Å². The molecule has 1 aromatic carbocycles. The fourth-order valence-corrected chi connectivity index (χ4v) is 4.88. The van der Waals surface area contributed by atoms with Crippen LogP contribution in [0.15, 0.2) is 41.8 Å². The van der Waals surface area contributed by atoms with Gasteiger partial charge in [0.1, 0.15) is 5.75 Å². The van der Waals surface area contributed by atoms with E-state index < -0.39 is 0 Å². The number of benzene rings is 1. The maximum Gasteiger partial charge on any atom is 0.236 e. The van der Waals surface area contributed by atoms with Gasteiger partial charge in [-0.2, -0.15) is 0 Å². The Morgan fingerprint density at radius 1 is 1.36 bits per heavy atom. The Bertz CT molecular complexity index is 967. The van der Waals surface area contributed by atoms with Crippen LogP contribution in [0.2, 0.25) is 0 Å². The molecule has 0 bridgehead atoms. The first-order valence-corrected chi connectivity index (χ1v) is 10.7. The average Bonchev–Trinajstić information content (AvgIpc) is 3.32. The number of methoxy groups -OCH3 is 1. The first kappa shape index (κ1) is 19.0. The van der Waals surface area contributed by atoms with E-state index in [9.17, 15) is 4.79 Å². The lowest BCUT2D eigenvalue weighted by Crippen LogP contribution is -2.25. The van der Waals surface area contributed by atoms with Crippen molar-refractivity contribution in [3.63, 3.8) is 0 Å². The molecule has 2 aromatic heterocycles. The van der Waals surface area contributed by atoms with Crippen molar-refractivity contribution < 1.29 is 9.53 Å². The Morgan fingerprint density at radius 3 is 2.96 bits per heavy atom. The van der Waals surface area contributed by atoms with Crippen molar-refractivity contribution in [2.45, 2.75) is 18.1 Å². The van der Waals surface area contributed by atoms with E-state index in [0.717, 1.165) is 41.8 Å². The number of anilines is 1. The predicted octanol–water partition coefficient (Wildman–Crippen LogP) is 3.06. The minimum Gasteiger partial charge on any atom is -0.497 e. The van der Waals surface area contributed by atoms with Crippen molar-refractivity contribution in [3.8, 4) is 11.4 Å². The van der Waals surface area contributed by atoms with E-state index in [-0.39, 0.29) is 11.7 Å². The molecule has 0 atom stereocenters. The SMILES string of the molecule is COc1ccc(-n2ccnc2SCC(=O)Nc2nc3c(s2)CN(C)CC3)cc1. The normalized spacial score (nSPS) is 13.9. The van der Waals surface area contributed by atoms with E-state index in [1.54, 1.807) is 24.6 Å². The van der Waals surface area contributed by atoms with Gasteiger partial charge >= 0.3 is 0 Å². The molecule has 1 aliphatic rings. The smallest absolute Gasteiger partial charge is 0.236 e. The first-order chi connectivity index (χ1) is 13.6. The third-order valence-corrected chi connectivity index (χ3v) is 6.42. The first-order valence-electron chi connectivity index (χ1n) is 8.90. The van der Waals surface area contributed by atoms with E-state index >= 15 is 0 Å². The molecule has 0 saturated heterocycles. The zero-order valence-electron chi connectivity index (χ0n) is 15.7. The highest BCUT2D eigenvalue weighted by molar-refractivity contribution is 7.99. The van der Waals surface area contributed by atoms with E-state index in [1.165, 1.54) is 16.6 Å². The molecule has 7 nitrogen and oxygen atoms in total. The molecule has 1 amide bonds. The van der Waals surface area contributed by atoms with Crippen molar-refractivity contribution in [2.24, 2.45) is 0 Å². The molecule has 0 unspecified atom stereocenters. The highest BCUT2D eigenvalue weighted by Gasteiger charge is 2.19. The van der Waals surface area contributed by atoms with Gasteiger partial charge in [0, 0.05) is 42.5 Å². The molecule has 0 saturated carbocycles. The number of carbonyl (C=O) groups excluding carboxylic acids is 1. The number of nitrogens with one attached hydrogen (secondary N) is 1. The number of fused-ring (bicyclic) bond motifs is 1. The van der Waals surface area contributed by atoms with Crippen LogP contribution in [0.1, 0.15) is 10.6 Å². The number of imidazole rings is 1. The summed E-state index contributed by atoms with van der Waals surface area (Å²) in [5, 5.41) is 4.38. The van der Waals surface area contributed by atoms with Gasteiger partial charge in [-0.3, -0.25) is 9.36 Å². The lowest BCUT2D eigenvalue weighted by molar-refractivity contribution is -0.113. The second-order valence-corrected chi connectivity index (χ2v) is 8.52. The zero-order chi connectivity index (χ0) is 19.5. The summed E-state index contributed by atoms with van der Waals surface area (Å²) in [6.45, 7) is 1.91. The summed E-state index contributed by atoms with van der Waals surface area (Å²) in [5.74, 6) is 1.00. The van der Waals surface area contributed by atoms with Crippen molar-refractivity contribution in [2.75, 3.05) is 31.8 Å². The van der Waals surface area contributed by atoms with Gasteiger partial charge in [0.05, 0.1) is 18.6 Å². The molecule has 3 heterocycles. The van der Waals surface area contributed by atoms with Crippen LogP contribution in [0.4, 0.5) is 5.13 Å². The molecule has 0 radical (unpaired) electrons. The van der Waals surface area contributed by atoms with Crippen LogP contribution in [0.3, 0.4) is 0 Å². The van der Waals surface area contributed by atoms with Crippen molar-refractivity contribution in [1.82, 2.24) is 19.4 Å². The van der Waals surface area contributed by atoms with Crippen LogP contribution in [0.5, 0.6) is 5.75 Å². The molecule has 0 aliphatic carbocycles. The molecule has 1 aliphatic heterocycles. The maximum absolute atomic E-state index is 12.4. The third kappa shape index (κ3) is 4.21. The highest BCUT2D eigenvalue weighted by atomic mass is 32.2. The van der Waals surface area contributed by atoms with Crippen LogP contribution in [0.25, 0.3) is 5.69 Å². The van der Waals surface area contributed by atoms with Crippen LogP contribution in [-0.2, 0) is 17.8 Å². The number of likely N-dealkylation sites (N-methyl/N-ethyl adjacent to an activating group) is 1. The van der Waals surface area contributed by atoms with Gasteiger partial charge in [-0.05, 0) is 31.3 Å². The van der Waals surface area contributed by atoms with Crippen molar-refractivity contribution in [1.29, 1.82) is 0 Å². The number of thioether (sulfide) groups is 1. The number of hydrogen-bond acceptors (Lipinski definition) is 7. The van der Waals surface area contributed by atoms with Crippen LogP contribution < -0.4 is 10.1 Å². The number of ether oxygens (including phenoxy) is 1. The molecule has 3 aromatic rings. The number of aromatic nitrogens is 3. The van der Waals surface area contributed by atoms with E-state index in [1.807, 2.05) is 35.0 Å². The topological polar surface area (TPSA) is 72.3 Å². The summed E-state index contributed by atoms with van der Waals surface area (Å²) in [5.41, 5.74) is 2.08. The van der Waals surface area contributed by atoms with Gasteiger partial charge in [0.25, 0.3) is 0 Å². The standard InChI is InChI=1S/C19H21N5O2S2/c1-23-9-7-15-16(11-23)28-18(21-15)22-17(25)12-27-19-20-8-10-24(19)13-3-5-14(26-2)6-4-13/h3-6,8,10H,7,9,11-12H2,1-2H3,(H,21,22,25). The summed E-state index contributed by atoms with van der Waals surface area (Å²) in [6, 6.07) is 7.72. The Balaban J connectivity index is 1.37. The second-order valence-electron chi connectivity index (χ2n) is 6.49. The molecule has 146 valence electrons. The highest BCUT2D eigenvalue weighted by Crippen LogP contribution is 2.28. The molecule has 0 spiro atoms. The van der Waals surface area contributed by atoms with Crippen LogP contribution >= 0.6 is 23.1 Å². The number of amides is 1. The average molecular weight is 416 g/mol. The molecule has 1 N–H and O–H groups in total. The van der Waals surface area contributed by atoms with Gasteiger partial charge in [0.2, 0.25) is 5.91 Å². The maximum atomic E-state index is 12.4. The summed E-state index contributed by atoms with van der Waals surface area (Å²) in [7, 11) is 3.74. The Kier molecular flexibility index (Phi) is 5.65. The molecular formula is C19H21N5O2S2. The Morgan fingerprint density at radius 2 is 2.18 bits per heavy atom. The summed E-state index contributed by atoms with van der Waals surface area (Å²) >= 11 is 2.97. The molecule has 28 heavy (non-hydrogen) atoms. The largest absolute Gasteiger partial charge is 0.497 e. The van der Waals surface area contributed by atoms with Crippen LogP contribution in [-0.4, -0.2) is 51.8 Å². The Labute approximate surface area is 171 Å². The predicted molar refractivity (Wildman–Crippen MR) is 112 cm³/mol. The molecule has 9 heteroatoms. The zero-order valence-corrected chi connectivity index (χ0v) is 17.3. The van der Waals surface area contributed by atoms with E-state index in [4.69, 9.17) is 4.74 Å². The quantitative estimate of drug-likeness (QED) is 0.624. The number of rotatable bonds is 6. The van der Waals surface area contributed by atoms with Gasteiger partial charge < -0.3 is 15.0 Å². The van der Waals surface area contributed by atoms with E-state index in [2.05, 4.69) is 27.2 Å². The lowest BCUT2D eigenvalue weighted by atomic mass is 10.2. The van der Waals surface area contributed by atoms with Crippen molar-refractivity contribution in [3.05, 3.63) is 47.2 Å². The summed E-state index contributed by atoms with van der Waals surface area (Å²) in [4.78, 5) is 24.8. The molecular weight excluding hydrogens is 394 g/mol. The summed E-state index contributed by atoms with van der Waals surface area (Å²) < 4.78 is 7.15. The minimum absolute atomic E-state index is 0.0752. The minimum atomic E-state index is -0.0752. The molecule has 4 rings (SSSR count). The number of thiazole rings is 1. The lowest BCUT2D eigenvalue weighted by Gasteiger charge is -2.20. The number of nitrogens with zero attached hydrogens (tertiary/aromatic N) is 4. The second kappa shape index (κ2) is 8.34. The fourth-order valence-electron chi connectivity index (χ4n) is 3.00. The Hall–Kier alpha value is -2.36. The van der Waals surface area contributed by atoms with E-state index in [0.29, 0.717) is 5.13 Å². The molecule has 0 fully saturated rings. The van der Waals surface area contributed by atoms with Crippen molar-refractivity contribution >= 4 is 34.1 Å².